The molecule has 0 spiro atoms. The maximum Gasteiger partial charge on any atom is 0.262 e. The van der Waals surface area contributed by atoms with Crippen LogP contribution in [0.5, 0.6) is 0 Å². The molecular weight excluding hydrogens is 308 g/mol. The lowest BCUT2D eigenvalue weighted by molar-refractivity contribution is 0.0975. The normalized spacial score (nSPS) is 16.3. The van der Waals surface area contributed by atoms with Gasteiger partial charge in [-0.1, -0.05) is 59.7 Å². The summed E-state index contributed by atoms with van der Waals surface area (Å²) in [6.07, 6.45) is -0.231. The van der Waals surface area contributed by atoms with Crippen LogP contribution in [0.2, 0.25) is 0 Å². The molecule has 0 unspecified atom stereocenters. The van der Waals surface area contributed by atoms with Gasteiger partial charge in [-0.15, -0.1) is 0 Å². The highest BCUT2D eigenvalue weighted by molar-refractivity contribution is 6.12. The van der Waals surface area contributed by atoms with Crippen molar-refractivity contribution in [1.29, 1.82) is 0 Å². The maximum atomic E-state index is 13.2. The lowest BCUT2D eigenvalue weighted by atomic mass is 10.0. The van der Waals surface area contributed by atoms with Crippen molar-refractivity contribution in [3.8, 4) is 0 Å². The predicted octanol–water partition coefficient (Wildman–Crippen LogP) is 5.07. The smallest absolute Gasteiger partial charge is 0.262 e. The van der Waals surface area contributed by atoms with Crippen LogP contribution in [0.4, 0.5) is 11.4 Å². The zero-order chi connectivity index (χ0) is 17.4. The third-order valence-corrected chi connectivity index (χ3v) is 4.63. The Kier molecular flexibility index (Phi) is 3.77. The first-order valence-corrected chi connectivity index (χ1v) is 8.46. The second-order valence-corrected chi connectivity index (χ2v) is 6.51. The van der Waals surface area contributed by atoms with E-state index in [1.165, 1.54) is 11.1 Å². The summed E-state index contributed by atoms with van der Waals surface area (Å²) in [6.45, 7) is 4.11. The first-order chi connectivity index (χ1) is 12.1. The number of nitrogens with zero attached hydrogens (tertiary/aromatic N) is 1. The van der Waals surface area contributed by atoms with Crippen molar-refractivity contribution in [3.63, 3.8) is 0 Å². The highest BCUT2D eigenvalue weighted by Gasteiger charge is 2.33. The van der Waals surface area contributed by atoms with E-state index < -0.39 is 0 Å². The molecule has 3 aromatic carbocycles. The summed E-state index contributed by atoms with van der Waals surface area (Å²) in [7, 11) is 0. The SMILES string of the molecule is Cc1ccc([C@H]2Nc3ccccc3C(=O)N2c2ccc(C)cc2)cc1. The van der Waals surface area contributed by atoms with E-state index in [2.05, 4.69) is 36.5 Å². The highest BCUT2D eigenvalue weighted by Crippen LogP contribution is 2.36. The number of aryl methyl sites for hydroxylation is 2. The molecule has 1 N–H and O–H groups in total. The molecule has 0 aromatic heterocycles. The minimum atomic E-state index is -0.231. The molecule has 1 heterocycles. The number of fused-ring (bicyclic) bond motifs is 1. The standard InChI is InChI=1S/C22H20N2O/c1-15-7-11-17(12-8-15)21-23-20-6-4-3-5-19(20)22(25)24(21)18-13-9-16(2)10-14-18/h3-14,21,23H,1-2H3/t21-/m0/s1. The average molecular weight is 328 g/mol. The van der Waals surface area contributed by atoms with Gasteiger partial charge in [-0.2, -0.15) is 0 Å². The third-order valence-electron chi connectivity index (χ3n) is 4.63. The van der Waals surface area contributed by atoms with Crippen molar-refractivity contribution in [2.75, 3.05) is 10.2 Å². The van der Waals surface area contributed by atoms with Crippen LogP contribution in [0.15, 0.2) is 72.8 Å². The van der Waals surface area contributed by atoms with Crippen LogP contribution in [0.1, 0.15) is 33.2 Å². The molecule has 0 saturated heterocycles. The average Bonchev–Trinajstić information content (AvgIpc) is 2.63. The Bertz CT molecular complexity index is 914. The molecule has 0 fully saturated rings. The van der Waals surface area contributed by atoms with E-state index in [1.807, 2.05) is 60.4 Å². The van der Waals surface area contributed by atoms with Crippen LogP contribution in [0, 0.1) is 13.8 Å². The number of anilines is 2. The van der Waals surface area contributed by atoms with E-state index in [0.29, 0.717) is 5.56 Å². The molecule has 0 bridgehead atoms. The molecule has 124 valence electrons. The third kappa shape index (κ3) is 2.78. The first-order valence-electron chi connectivity index (χ1n) is 8.46. The lowest BCUT2D eigenvalue weighted by Crippen LogP contribution is -2.43. The Labute approximate surface area is 147 Å². The summed E-state index contributed by atoms with van der Waals surface area (Å²) in [4.78, 5) is 15.1. The summed E-state index contributed by atoms with van der Waals surface area (Å²) >= 11 is 0. The van der Waals surface area contributed by atoms with E-state index in [4.69, 9.17) is 0 Å². The Morgan fingerprint density at radius 2 is 1.40 bits per heavy atom. The number of amides is 1. The molecule has 0 aliphatic carbocycles. The monoisotopic (exact) mass is 328 g/mol. The molecule has 3 nitrogen and oxygen atoms in total. The largest absolute Gasteiger partial charge is 0.360 e. The molecule has 1 atom stereocenters. The number of benzene rings is 3. The maximum absolute atomic E-state index is 13.2. The molecule has 0 radical (unpaired) electrons. The molecule has 1 aliphatic rings. The van der Waals surface area contributed by atoms with Gasteiger partial charge in [0.1, 0.15) is 6.17 Å². The number of para-hydroxylation sites is 1. The number of rotatable bonds is 2. The summed E-state index contributed by atoms with van der Waals surface area (Å²) in [6, 6.07) is 24.1. The van der Waals surface area contributed by atoms with Gasteiger partial charge in [-0.05, 0) is 43.7 Å². The van der Waals surface area contributed by atoms with Gasteiger partial charge >= 0.3 is 0 Å². The van der Waals surface area contributed by atoms with Gasteiger partial charge in [0, 0.05) is 11.4 Å². The second-order valence-electron chi connectivity index (χ2n) is 6.51. The van der Waals surface area contributed by atoms with Crippen molar-refractivity contribution < 1.29 is 4.79 Å². The van der Waals surface area contributed by atoms with Crippen molar-refractivity contribution >= 4 is 17.3 Å². The molecule has 3 aromatic rings. The van der Waals surface area contributed by atoms with E-state index >= 15 is 0 Å². The molecule has 25 heavy (non-hydrogen) atoms. The second kappa shape index (κ2) is 6.10. The summed E-state index contributed by atoms with van der Waals surface area (Å²) < 4.78 is 0. The Balaban J connectivity index is 1.85. The zero-order valence-corrected chi connectivity index (χ0v) is 14.4. The van der Waals surface area contributed by atoms with Crippen molar-refractivity contribution in [1.82, 2.24) is 0 Å². The van der Waals surface area contributed by atoms with Gasteiger partial charge in [0.15, 0.2) is 0 Å². The fraction of sp³-hybridized carbons (Fsp3) is 0.136. The van der Waals surface area contributed by atoms with Crippen LogP contribution in [0.25, 0.3) is 0 Å². The Morgan fingerprint density at radius 1 is 0.800 bits per heavy atom. The topological polar surface area (TPSA) is 32.3 Å². The molecule has 1 aliphatic heterocycles. The van der Waals surface area contributed by atoms with E-state index in [1.54, 1.807) is 0 Å². The zero-order valence-electron chi connectivity index (χ0n) is 14.4. The van der Waals surface area contributed by atoms with Crippen LogP contribution < -0.4 is 10.2 Å². The van der Waals surface area contributed by atoms with Gasteiger partial charge in [0.2, 0.25) is 0 Å². The number of carbonyl (C=O) groups is 1. The van der Waals surface area contributed by atoms with E-state index in [9.17, 15) is 4.79 Å². The number of hydrogen-bond donors (Lipinski definition) is 1. The van der Waals surface area contributed by atoms with Crippen molar-refractivity contribution in [2.45, 2.75) is 20.0 Å². The van der Waals surface area contributed by atoms with Crippen LogP contribution in [-0.2, 0) is 0 Å². The molecule has 4 rings (SSSR count). The summed E-state index contributed by atoms with van der Waals surface area (Å²) in [5, 5.41) is 3.53. The van der Waals surface area contributed by atoms with Crippen LogP contribution >= 0.6 is 0 Å². The van der Waals surface area contributed by atoms with Crippen molar-refractivity contribution in [2.24, 2.45) is 0 Å². The van der Waals surface area contributed by atoms with Gasteiger partial charge in [0.05, 0.1) is 5.56 Å². The van der Waals surface area contributed by atoms with Crippen LogP contribution in [-0.4, -0.2) is 5.91 Å². The molecule has 3 heteroatoms. The van der Waals surface area contributed by atoms with Gasteiger partial charge < -0.3 is 5.32 Å². The number of carbonyl (C=O) groups excluding carboxylic acids is 1. The Morgan fingerprint density at radius 3 is 2.08 bits per heavy atom. The van der Waals surface area contributed by atoms with Gasteiger partial charge in [0.25, 0.3) is 5.91 Å². The number of nitrogens with one attached hydrogen (secondary N) is 1. The minimum Gasteiger partial charge on any atom is -0.360 e. The molecule has 1 amide bonds. The molecule has 0 saturated carbocycles. The minimum absolute atomic E-state index is 0.0174. The fourth-order valence-corrected chi connectivity index (χ4v) is 3.21. The van der Waals surface area contributed by atoms with Gasteiger partial charge in [-0.3, -0.25) is 9.69 Å². The quantitative estimate of drug-likeness (QED) is 0.712. The summed E-state index contributed by atoms with van der Waals surface area (Å²) in [5.74, 6) is 0.0174. The first kappa shape index (κ1) is 15.5. The van der Waals surface area contributed by atoms with Crippen LogP contribution in [0.3, 0.4) is 0 Å². The van der Waals surface area contributed by atoms with E-state index in [-0.39, 0.29) is 12.1 Å². The van der Waals surface area contributed by atoms with Gasteiger partial charge in [-0.25, -0.2) is 0 Å². The van der Waals surface area contributed by atoms with Crippen molar-refractivity contribution in [3.05, 3.63) is 95.1 Å². The predicted molar refractivity (Wildman–Crippen MR) is 102 cm³/mol. The van der Waals surface area contributed by atoms with E-state index in [0.717, 1.165) is 16.9 Å². The number of hydrogen-bond acceptors (Lipinski definition) is 2. The summed E-state index contributed by atoms with van der Waals surface area (Å²) in [5.41, 5.74) is 5.91. The lowest BCUT2D eigenvalue weighted by Gasteiger charge is -2.38. The molecular formula is C22H20N2O. The Hall–Kier alpha value is -3.07. The highest BCUT2D eigenvalue weighted by atomic mass is 16.2. The fourth-order valence-electron chi connectivity index (χ4n) is 3.21.